The number of para-hydroxylation sites is 1. The fourth-order valence-electron chi connectivity index (χ4n) is 3.43. The zero-order chi connectivity index (χ0) is 17.5. The summed E-state index contributed by atoms with van der Waals surface area (Å²) in [5.41, 5.74) is 1.58. The Morgan fingerprint density at radius 3 is 2.96 bits per heavy atom. The van der Waals surface area contributed by atoms with E-state index >= 15 is 0 Å². The number of piperidine rings is 1. The van der Waals surface area contributed by atoms with Gasteiger partial charge in [0.05, 0.1) is 5.56 Å². The van der Waals surface area contributed by atoms with Crippen LogP contribution in [-0.4, -0.2) is 40.5 Å². The summed E-state index contributed by atoms with van der Waals surface area (Å²) in [7, 11) is 0. The van der Waals surface area contributed by atoms with E-state index in [1.807, 2.05) is 12.3 Å². The Morgan fingerprint density at radius 2 is 2.16 bits per heavy atom. The molecule has 1 aromatic carbocycles. The molecule has 2 N–H and O–H groups in total. The lowest BCUT2D eigenvalue weighted by Gasteiger charge is -2.32. The molecule has 1 aliphatic heterocycles. The number of carbonyl (C=O) groups is 1. The summed E-state index contributed by atoms with van der Waals surface area (Å²) in [6.07, 6.45) is 7.09. The fourth-order valence-corrected chi connectivity index (χ4v) is 3.43. The maximum atomic E-state index is 12.1. The lowest BCUT2D eigenvalue weighted by atomic mass is 9.94. The SMILES string of the molecule is O=C(NCC[C@H]1CCCN(Cc2cccnc2)C1)c1ccccc1O. The molecule has 1 saturated heterocycles. The van der Waals surface area contributed by atoms with Crippen LogP contribution in [0.15, 0.2) is 48.8 Å². The molecule has 2 heterocycles. The quantitative estimate of drug-likeness (QED) is 0.849. The molecule has 1 aliphatic rings. The molecule has 1 amide bonds. The van der Waals surface area contributed by atoms with E-state index in [4.69, 9.17) is 0 Å². The summed E-state index contributed by atoms with van der Waals surface area (Å²) < 4.78 is 0. The molecule has 5 heteroatoms. The van der Waals surface area contributed by atoms with Crippen LogP contribution in [0, 0.1) is 5.92 Å². The number of carbonyl (C=O) groups excluding carboxylic acids is 1. The van der Waals surface area contributed by atoms with Crippen LogP contribution in [-0.2, 0) is 6.54 Å². The molecule has 0 aliphatic carbocycles. The standard InChI is InChI=1S/C20H25N3O2/c24-19-8-2-1-7-18(19)20(25)22-11-9-16-6-4-12-23(14-16)15-17-5-3-10-21-13-17/h1-3,5,7-8,10,13,16,24H,4,6,9,11-12,14-15H2,(H,22,25)/t16-/m1/s1. The van der Waals surface area contributed by atoms with Crippen LogP contribution in [0.2, 0.25) is 0 Å². The first kappa shape index (κ1) is 17.4. The van der Waals surface area contributed by atoms with Gasteiger partial charge in [-0.3, -0.25) is 14.7 Å². The number of aromatic nitrogens is 1. The summed E-state index contributed by atoms with van der Waals surface area (Å²) in [6, 6.07) is 10.7. The normalized spacial score (nSPS) is 18.0. The largest absolute Gasteiger partial charge is 0.507 e. The van der Waals surface area contributed by atoms with Crippen molar-refractivity contribution in [3.8, 4) is 5.75 Å². The van der Waals surface area contributed by atoms with Crippen LogP contribution < -0.4 is 5.32 Å². The highest BCUT2D eigenvalue weighted by Gasteiger charge is 2.20. The Bertz CT molecular complexity index is 690. The van der Waals surface area contributed by atoms with Gasteiger partial charge in [-0.15, -0.1) is 0 Å². The first-order valence-electron chi connectivity index (χ1n) is 8.90. The lowest BCUT2D eigenvalue weighted by molar-refractivity contribution is 0.0943. The van der Waals surface area contributed by atoms with Crippen LogP contribution in [0.25, 0.3) is 0 Å². The van der Waals surface area contributed by atoms with E-state index in [0.717, 1.165) is 26.1 Å². The van der Waals surface area contributed by atoms with E-state index in [0.29, 0.717) is 18.0 Å². The third kappa shape index (κ3) is 5.03. The minimum atomic E-state index is -0.207. The molecular formula is C20H25N3O2. The van der Waals surface area contributed by atoms with Crippen molar-refractivity contribution >= 4 is 5.91 Å². The third-order valence-electron chi connectivity index (χ3n) is 4.72. The summed E-state index contributed by atoms with van der Waals surface area (Å²) in [5.74, 6) is 0.413. The second-order valence-electron chi connectivity index (χ2n) is 6.67. The smallest absolute Gasteiger partial charge is 0.255 e. The van der Waals surface area contributed by atoms with Gasteiger partial charge >= 0.3 is 0 Å². The monoisotopic (exact) mass is 339 g/mol. The second kappa shape index (κ2) is 8.62. The number of hydrogen-bond donors (Lipinski definition) is 2. The highest BCUT2D eigenvalue weighted by molar-refractivity contribution is 5.96. The number of likely N-dealkylation sites (tertiary alicyclic amines) is 1. The Morgan fingerprint density at radius 1 is 1.28 bits per heavy atom. The van der Waals surface area contributed by atoms with Gasteiger partial charge in [0.2, 0.25) is 0 Å². The van der Waals surface area contributed by atoms with Crippen molar-refractivity contribution in [1.82, 2.24) is 15.2 Å². The molecule has 0 unspecified atom stereocenters. The Labute approximate surface area is 148 Å². The highest BCUT2D eigenvalue weighted by Crippen LogP contribution is 2.21. The number of nitrogens with one attached hydrogen (secondary N) is 1. The van der Waals surface area contributed by atoms with E-state index in [1.54, 1.807) is 24.4 Å². The van der Waals surface area contributed by atoms with Gasteiger partial charge < -0.3 is 10.4 Å². The summed E-state index contributed by atoms with van der Waals surface area (Å²) in [4.78, 5) is 18.8. The number of hydrogen-bond acceptors (Lipinski definition) is 4. The molecule has 2 aromatic rings. The molecule has 1 atom stereocenters. The van der Waals surface area contributed by atoms with Crippen molar-refractivity contribution in [1.29, 1.82) is 0 Å². The van der Waals surface area contributed by atoms with Gasteiger partial charge in [0.1, 0.15) is 5.75 Å². The van der Waals surface area contributed by atoms with E-state index in [2.05, 4.69) is 21.3 Å². The summed E-state index contributed by atoms with van der Waals surface area (Å²) in [5, 5.41) is 12.7. The molecule has 132 valence electrons. The molecule has 25 heavy (non-hydrogen) atoms. The van der Waals surface area contributed by atoms with Gasteiger partial charge in [-0.05, 0) is 55.5 Å². The summed E-state index contributed by atoms with van der Waals surface area (Å²) >= 11 is 0. The third-order valence-corrected chi connectivity index (χ3v) is 4.72. The molecule has 3 rings (SSSR count). The average Bonchev–Trinajstić information content (AvgIpc) is 2.63. The average molecular weight is 339 g/mol. The van der Waals surface area contributed by atoms with Gasteiger partial charge in [0, 0.05) is 32.0 Å². The lowest BCUT2D eigenvalue weighted by Crippen LogP contribution is -2.36. The van der Waals surface area contributed by atoms with Gasteiger partial charge in [-0.2, -0.15) is 0 Å². The van der Waals surface area contributed by atoms with Crippen LogP contribution in [0.5, 0.6) is 5.75 Å². The van der Waals surface area contributed by atoms with Crippen molar-refractivity contribution in [2.24, 2.45) is 5.92 Å². The van der Waals surface area contributed by atoms with Crippen LogP contribution in [0.1, 0.15) is 35.2 Å². The zero-order valence-corrected chi connectivity index (χ0v) is 14.4. The topological polar surface area (TPSA) is 65.5 Å². The zero-order valence-electron chi connectivity index (χ0n) is 14.4. The van der Waals surface area contributed by atoms with Gasteiger partial charge in [0.15, 0.2) is 0 Å². The number of phenolic OH excluding ortho intramolecular Hbond substituents is 1. The van der Waals surface area contributed by atoms with E-state index in [1.165, 1.54) is 24.5 Å². The maximum absolute atomic E-state index is 12.1. The molecule has 0 radical (unpaired) electrons. The maximum Gasteiger partial charge on any atom is 0.255 e. The van der Waals surface area contributed by atoms with E-state index < -0.39 is 0 Å². The van der Waals surface area contributed by atoms with Crippen molar-refractivity contribution in [3.05, 3.63) is 59.9 Å². The number of nitrogens with zero attached hydrogens (tertiary/aromatic N) is 2. The molecule has 0 bridgehead atoms. The number of amides is 1. The minimum Gasteiger partial charge on any atom is -0.507 e. The van der Waals surface area contributed by atoms with E-state index in [9.17, 15) is 9.90 Å². The van der Waals surface area contributed by atoms with Crippen molar-refractivity contribution in [2.75, 3.05) is 19.6 Å². The van der Waals surface area contributed by atoms with Crippen LogP contribution in [0.4, 0.5) is 0 Å². The number of benzene rings is 1. The second-order valence-corrected chi connectivity index (χ2v) is 6.67. The van der Waals surface area contributed by atoms with Crippen LogP contribution >= 0.6 is 0 Å². The predicted octanol–water partition coefficient (Wildman–Crippen LogP) is 2.82. The molecular weight excluding hydrogens is 314 g/mol. The predicted molar refractivity (Wildman–Crippen MR) is 97.3 cm³/mol. The molecule has 5 nitrogen and oxygen atoms in total. The minimum absolute atomic E-state index is 0.0281. The highest BCUT2D eigenvalue weighted by atomic mass is 16.3. The number of phenols is 1. The van der Waals surface area contributed by atoms with Crippen molar-refractivity contribution in [3.63, 3.8) is 0 Å². The first-order chi connectivity index (χ1) is 12.2. The Balaban J connectivity index is 1.44. The summed E-state index contributed by atoms with van der Waals surface area (Å²) in [6.45, 7) is 3.75. The van der Waals surface area contributed by atoms with E-state index in [-0.39, 0.29) is 11.7 Å². The molecule has 0 saturated carbocycles. The Kier molecular flexibility index (Phi) is 6.01. The molecule has 1 aromatic heterocycles. The van der Waals surface area contributed by atoms with Crippen molar-refractivity contribution < 1.29 is 9.90 Å². The van der Waals surface area contributed by atoms with Gasteiger partial charge in [-0.25, -0.2) is 0 Å². The Hall–Kier alpha value is -2.40. The molecule has 1 fully saturated rings. The van der Waals surface area contributed by atoms with Crippen molar-refractivity contribution in [2.45, 2.75) is 25.8 Å². The van der Waals surface area contributed by atoms with Gasteiger partial charge in [-0.1, -0.05) is 18.2 Å². The molecule has 0 spiro atoms. The number of pyridine rings is 1. The first-order valence-corrected chi connectivity index (χ1v) is 8.90. The number of aromatic hydroxyl groups is 1. The number of rotatable bonds is 6. The van der Waals surface area contributed by atoms with Crippen LogP contribution in [0.3, 0.4) is 0 Å². The fraction of sp³-hybridized carbons (Fsp3) is 0.400. The van der Waals surface area contributed by atoms with Gasteiger partial charge in [0.25, 0.3) is 5.91 Å².